The van der Waals surface area contributed by atoms with Gasteiger partial charge in [0.1, 0.15) is 0 Å². The minimum absolute atomic E-state index is 0. The van der Waals surface area contributed by atoms with Gasteiger partial charge in [0.2, 0.25) is 0 Å². The molecule has 1 saturated carbocycles. The highest BCUT2D eigenvalue weighted by molar-refractivity contribution is 5.86. The van der Waals surface area contributed by atoms with Gasteiger partial charge in [-0.3, -0.25) is 9.80 Å². The molecule has 5 saturated heterocycles. The highest BCUT2D eigenvalue weighted by atomic mass is 35.5. The quantitative estimate of drug-likeness (QED) is 0.428. The second kappa shape index (κ2) is 16.6. The van der Waals surface area contributed by atoms with Gasteiger partial charge >= 0.3 is 0 Å². The fourth-order valence-corrected chi connectivity index (χ4v) is 6.02. The van der Waals surface area contributed by atoms with Crippen molar-refractivity contribution in [3.63, 3.8) is 0 Å². The highest BCUT2D eigenvalue weighted by Gasteiger charge is 2.45. The molecule has 4 nitrogen and oxygen atoms in total. The molecule has 0 aromatic carbocycles. The predicted octanol–water partition coefficient (Wildman–Crippen LogP) is 4.53. The molecule has 4 unspecified atom stereocenters. The van der Waals surface area contributed by atoms with E-state index >= 15 is 0 Å². The molecule has 6 aliphatic rings. The summed E-state index contributed by atoms with van der Waals surface area (Å²) in [7, 11) is 0. The summed E-state index contributed by atoms with van der Waals surface area (Å²) < 4.78 is 0. The topological polar surface area (TPSA) is 13.0 Å². The van der Waals surface area contributed by atoms with E-state index in [-0.39, 0.29) is 49.6 Å². The summed E-state index contributed by atoms with van der Waals surface area (Å²) in [5.41, 5.74) is 0. The summed E-state index contributed by atoms with van der Waals surface area (Å²) in [6, 6.07) is 1.72. The van der Waals surface area contributed by atoms with Crippen LogP contribution < -0.4 is 0 Å². The molecule has 5 heterocycles. The molecule has 0 radical (unpaired) electrons. The summed E-state index contributed by atoms with van der Waals surface area (Å²) in [5.74, 6) is 1.84. The average Bonchev–Trinajstić information content (AvgIpc) is 2.67. The van der Waals surface area contributed by atoms with E-state index in [2.05, 4.69) is 47.3 Å². The predicted molar refractivity (Wildman–Crippen MR) is 141 cm³/mol. The fraction of sp³-hybridized carbons (Fsp3) is 1.00. The Bertz CT molecular complexity index is 386. The number of likely N-dealkylation sites (N-methyl/N-ethyl adjacent to an activating group) is 2. The van der Waals surface area contributed by atoms with Crippen LogP contribution in [0.3, 0.4) is 0 Å². The normalized spacial score (nSPS) is 28.2. The summed E-state index contributed by atoms with van der Waals surface area (Å²) in [5, 5.41) is 0. The van der Waals surface area contributed by atoms with Gasteiger partial charge in [-0.1, -0.05) is 27.7 Å². The van der Waals surface area contributed by atoms with Gasteiger partial charge in [0.15, 0.2) is 0 Å². The molecular weight excluding hydrogens is 462 g/mol. The molecular formula is C22H48Cl4N4. The Morgan fingerprint density at radius 1 is 0.567 bits per heavy atom. The molecule has 1 aliphatic carbocycles. The van der Waals surface area contributed by atoms with E-state index in [9.17, 15) is 0 Å². The lowest BCUT2D eigenvalue weighted by Crippen LogP contribution is -2.63. The molecule has 0 amide bonds. The van der Waals surface area contributed by atoms with Gasteiger partial charge in [0.25, 0.3) is 0 Å². The molecule has 5 aliphatic heterocycles. The van der Waals surface area contributed by atoms with Crippen molar-refractivity contribution in [1.82, 2.24) is 19.6 Å². The van der Waals surface area contributed by atoms with Gasteiger partial charge < -0.3 is 9.80 Å². The SMILES string of the molecule is CCN(CC)CCN1CC2CCC1C1CCC2N(CCN(CC)CC)C1.Cl.Cl.Cl.Cl. The molecule has 6 fully saturated rings. The Hall–Kier alpha value is 1.00. The van der Waals surface area contributed by atoms with Crippen molar-refractivity contribution >= 4 is 49.6 Å². The van der Waals surface area contributed by atoms with Gasteiger partial charge in [-0.2, -0.15) is 0 Å². The number of piperidine rings is 2. The van der Waals surface area contributed by atoms with E-state index in [1.165, 1.54) is 91.1 Å². The van der Waals surface area contributed by atoms with Crippen LogP contribution in [0.25, 0.3) is 0 Å². The summed E-state index contributed by atoms with van der Waals surface area (Å²) in [6.45, 7) is 21.9. The van der Waals surface area contributed by atoms with Gasteiger partial charge in [-0.25, -0.2) is 0 Å². The standard InChI is InChI=1S/C22H44N4.4ClH/c1-5-23(6-2)13-15-25-17-19-9-11-21(25)20-10-12-22(19)26(18-20)16-14-24(7-3)8-4;;;;/h19-22H,5-18H2,1-4H3;4*1H. The molecule has 0 spiro atoms. The molecule has 4 atom stereocenters. The smallest absolute Gasteiger partial charge is 0.0136 e. The molecule has 0 aromatic rings. The van der Waals surface area contributed by atoms with Crippen LogP contribution in [0.5, 0.6) is 0 Å². The summed E-state index contributed by atoms with van der Waals surface area (Å²) >= 11 is 0. The Morgan fingerprint density at radius 3 is 1.20 bits per heavy atom. The maximum atomic E-state index is 2.91. The Kier molecular flexibility index (Phi) is 18.3. The number of nitrogens with zero attached hydrogens (tertiary/aromatic N) is 4. The van der Waals surface area contributed by atoms with Gasteiger partial charge in [-0.05, 0) is 63.7 Å². The van der Waals surface area contributed by atoms with Crippen LogP contribution in [0.2, 0.25) is 0 Å². The molecule has 4 bridgehead atoms. The Balaban J connectivity index is 0. The lowest BCUT2D eigenvalue weighted by molar-refractivity contribution is -0.0616. The van der Waals surface area contributed by atoms with Crippen LogP contribution >= 0.6 is 49.6 Å². The van der Waals surface area contributed by atoms with E-state index in [0.717, 1.165) is 23.9 Å². The van der Waals surface area contributed by atoms with Crippen LogP contribution in [0, 0.1) is 11.8 Å². The van der Waals surface area contributed by atoms with E-state index < -0.39 is 0 Å². The van der Waals surface area contributed by atoms with Crippen molar-refractivity contribution in [3.8, 4) is 0 Å². The first kappa shape index (κ1) is 33.2. The molecule has 30 heavy (non-hydrogen) atoms. The maximum Gasteiger partial charge on any atom is 0.0136 e. The second-order valence-electron chi connectivity index (χ2n) is 8.85. The summed E-state index contributed by atoms with van der Waals surface area (Å²) in [4.78, 5) is 11.0. The monoisotopic (exact) mass is 508 g/mol. The zero-order valence-electron chi connectivity index (χ0n) is 19.6. The lowest BCUT2D eigenvalue weighted by Gasteiger charge is -2.56. The molecule has 6 rings (SSSR count). The van der Waals surface area contributed by atoms with Crippen molar-refractivity contribution in [2.75, 3.05) is 65.4 Å². The largest absolute Gasteiger partial charge is 0.303 e. The van der Waals surface area contributed by atoms with Crippen LogP contribution in [-0.4, -0.2) is 97.1 Å². The highest BCUT2D eigenvalue weighted by Crippen LogP contribution is 2.41. The molecule has 184 valence electrons. The van der Waals surface area contributed by atoms with Gasteiger partial charge in [-0.15, -0.1) is 49.6 Å². The van der Waals surface area contributed by atoms with Crippen molar-refractivity contribution < 1.29 is 0 Å². The van der Waals surface area contributed by atoms with Gasteiger partial charge in [0.05, 0.1) is 0 Å². The Morgan fingerprint density at radius 2 is 0.900 bits per heavy atom. The van der Waals surface area contributed by atoms with Crippen molar-refractivity contribution in [2.45, 2.75) is 65.5 Å². The lowest BCUT2D eigenvalue weighted by atomic mass is 9.71. The van der Waals surface area contributed by atoms with Crippen LogP contribution in [-0.2, 0) is 0 Å². The van der Waals surface area contributed by atoms with Crippen LogP contribution in [0.4, 0.5) is 0 Å². The second-order valence-corrected chi connectivity index (χ2v) is 8.85. The zero-order chi connectivity index (χ0) is 18.5. The number of halogens is 4. The van der Waals surface area contributed by atoms with E-state index in [0.29, 0.717) is 0 Å². The van der Waals surface area contributed by atoms with E-state index in [1.54, 1.807) is 0 Å². The van der Waals surface area contributed by atoms with Crippen LogP contribution in [0.15, 0.2) is 0 Å². The van der Waals surface area contributed by atoms with E-state index in [1.807, 2.05) is 0 Å². The molecule has 8 heteroatoms. The third-order valence-electron chi connectivity index (χ3n) is 7.83. The first-order valence-corrected chi connectivity index (χ1v) is 11.6. The third-order valence-corrected chi connectivity index (χ3v) is 7.83. The molecule has 0 N–H and O–H groups in total. The first-order valence-electron chi connectivity index (χ1n) is 11.6. The minimum atomic E-state index is 0. The average molecular weight is 510 g/mol. The molecule has 0 aromatic heterocycles. The summed E-state index contributed by atoms with van der Waals surface area (Å²) in [6.07, 6.45) is 5.90. The van der Waals surface area contributed by atoms with Crippen molar-refractivity contribution in [2.24, 2.45) is 11.8 Å². The number of rotatable bonds is 10. The number of hydrogen-bond acceptors (Lipinski definition) is 4. The van der Waals surface area contributed by atoms with Crippen molar-refractivity contribution in [3.05, 3.63) is 0 Å². The van der Waals surface area contributed by atoms with E-state index in [4.69, 9.17) is 0 Å². The minimum Gasteiger partial charge on any atom is -0.303 e. The van der Waals surface area contributed by atoms with Crippen molar-refractivity contribution in [1.29, 1.82) is 0 Å². The van der Waals surface area contributed by atoms with Gasteiger partial charge in [0, 0.05) is 51.4 Å². The first-order chi connectivity index (χ1) is 12.7. The zero-order valence-corrected chi connectivity index (χ0v) is 22.9. The van der Waals surface area contributed by atoms with Crippen LogP contribution in [0.1, 0.15) is 53.4 Å². The maximum absolute atomic E-state index is 2.91. The third kappa shape index (κ3) is 8.09. The number of hydrogen-bond donors (Lipinski definition) is 0. The fourth-order valence-electron chi connectivity index (χ4n) is 6.02. The Labute approximate surface area is 211 Å².